The molecule has 0 aromatic heterocycles. The van der Waals surface area contributed by atoms with Crippen LogP contribution in [0.4, 0.5) is 4.79 Å². The molecule has 0 heterocycles. The van der Waals surface area contributed by atoms with E-state index >= 15 is 0 Å². The van der Waals surface area contributed by atoms with E-state index < -0.39 is 11.7 Å². The van der Waals surface area contributed by atoms with Crippen LogP contribution < -0.4 is 10.6 Å². The van der Waals surface area contributed by atoms with Gasteiger partial charge in [0.1, 0.15) is 5.60 Å². The minimum absolute atomic E-state index is 0.0249. The van der Waals surface area contributed by atoms with Gasteiger partial charge in [0.25, 0.3) is 0 Å². The number of alkyl carbamates (subject to hydrolysis) is 1. The van der Waals surface area contributed by atoms with E-state index in [1.54, 1.807) is 0 Å². The lowest BCUT2D eigenvalue weighted by atomic mass is 10.0. The van der Waals surface area contributed by atoms with Gasteiger partial charge in [0.05, 0.1) is 0 Å². The summed E-state index contributed by atoms with van der Waals surface area (Å²) in [6.45, 7) is 10.3. The topological polar surface area (TPSA) is 50.4 Å². The number of hydrogen-bond donors (Lipinski definition) is 2. The van der Waals surface area contributed by atoms with E-state index in [4.69, 9.17) is 16.3 Å². The zero-order chi connectivity index (χ0) is 16.8. The summed E-state index contributed by atoms with van der Waals surface area (Å²) in [6, 6.07) is 8.02. The number of halogens is 1. The Morgan fingerprint density at radius 1 is 1.36 bits per heavy atom. The molecule has 0 spiro atoms. The second-order valence-electron chi connectivity index (χ2n) is 6.47. The quantitative estimate of drug-likeness (QED) is 0.819. The van der Waals surface area contributed by atoms with Crippen molar-refractivity contribution in [1.82, 2.24) is 10.6 Å². The summed E-state index contributed by atoms with van der Waals surface area (Å²) in [5, 5.41) is 7.01. The maximum Gasteiger partial charge on any atom is 0.407 e. The Balaban J connectivity index is 2.48. The number of amides is 1. The molecule has 0 saturated heterocycles. The monoisotopic (exact) mass is 326 g/mol. The van der Waals surface area contributed by atoms with Crippen molar-refractivity contribution in [3.8, 4) is 0 Å². The van der Waals surface area contributed by atoms with Gasteiger partial charge in [-0.3, -0.25) is 0 Å². The minimum atomic E-state index is -0.482. The number of hydrogen-bond acceptors (Lipinski definition) is 3. The Morgan fingerprint density at radius 2 is 2.05 bits per heavy atom. The van der Waals surface area contributed by atoms with Gasteiger partial charge >= 0.3 is 6.09 Å². The number of carbonyl (C=O) groups excluding carboxylic acids is 1. The van der Waals surface area contributed by atoms with E-state index in [1.807, 2.05) is 45.9 Å². The average Bonchev–Trinajstić information content (AvgIpc) is 2.37. The van der Waals surface area contributed by atoms with Crippen molar-refractivity contribution in [2.45, 2.75) is 58.7 Å². The van der Waals surface area contributed by atoms with Crippen molar-refractivity contribution >= 4 is 17.7 Å². The van der Waals surface area contributed by atoms with Gasteiger partial charge in [-0.15, -0.1) is 0 Å². The molecule has 124 valence electrons. The third kappa shape index (κ3) is 7.14. The highest BCUT2D eigenvalue weighted by Crippen LogP contribution is 2.20. The van der Waals surface area contributed by atoms with E-state index in [-0.39, 0.29) is 12.1 Å². The maximum absolute atomic E-state index is 11.7. The standard InChI is InChI=1S/C17H27ClN2O2/c1-6-15(13-8-7-9-14(18)10-13)19-11-12(2)20-16(21)22-17(3,4)5/h7-10,12,15,19H,6,11H2,1-5H3,(H,20,21). The summed E-state index contributed by atoms with van der Waals surface area (Å²) < 4.78 is 5.25. The van der Waals surface area contributed by atoms with Crippen LogP contribution >= 0.6 is 11.6 Å². The maximum atomic E-state index is 11.7. The van der Waals surface area contributed by atoms with Gasteiger partial charge in [-0.2, -0.15) is 0 Å². The lowest BCUT2D eigenvalue weighted by Crippen LogP contribution is -2.43. The number of benzene rings is 1. The first kappa shape index (κ1) is 18.8. The number of carbonyl (C=O) groups is 1. The fraction of sp³-hybridized carbons (Fsp3) is 0.588. The first-order valence-corrected chi connectivity index (χ1v) is 8.07. The van der Waals surface area contributed by atoms with Gasteiger partial charge in [0, 0.05) is 23.7 Å². The van der Waals surface area contributed by atoms with Gasteiger partial charge in [0.15, 0.2) is 0 Å². The first-order valence-electron chi connectivity index (χ1n) is 7.69. The molecule has 2 atom stereocenters. The predicted molar refractivity (Wildman–Crippen MR) is 91.3 cm³/mol. The molecule has 0 bridgehead atoms. The van der Waals surface area contributed by atoms with Crippen molar-refractivity contribution in [2.24, 2.45) is 0 Å². The van der Waals surface area contributed by atoms with Crippen molar-refractivity contribution in [2.75, 3.05) is 6.54 Å². The van der Waals surface area contributed by atoms with Crippen molar-refractivity contribution in [3.05, 3.63) is 34.9 Å². The van der Waals surface area contributed by atoms with Crippen LogP contribution in [0.25, 0.3) is 0 Å². The zero-order valence-corrected chi connectivity index (χ0v) is 14.8. The van der Waals surface area contributed by atoms with Gasteiger partial charge in [-0.1, -0.05) is 30.7 Å². The summed E-state index contributed by atoms with van der Waals surface area (Å²) in [6.07, 6.45) is 0.553. The summed E-state index contributed by atoms with van der Waals surface area (Å²) in [4.78, 5) is 11.7. The molecule has 0 radical (unpaired) electrons. The van der Waals surface area contributed by atoms with E-state index in [0.29, 0.717) is 6.54 Å². The first-order chi connectivity index (χ1) is 10.2. The molecule has 1 rings (SSSR count). The molecule has 5 heteroatoms. The molecule has 0 saturated carbocycles. The molecule has 1 aromatic carbocycles. The normalized spacial score (nSPS) is 14.3. The lowest BCUT2D eigenvalue weighted by molar-refractivity contribution is 0.0507. The fourth-order valence-electron chi connectivity index (χ4n) is 2.10. The van der Waals surface area contributed by atoms with Crippen molar-refractivity contribution < 1.29 is 9.53 Å². The Kier molecular flexibility index (Phi) is 7.17. The molecule has 2 unspecified atom stereocenters. The highest BCUT2D eigenvalue weighted by atomic mass is 35.5. The Hall–Kier alpha value is -1.26. The Bertz CT molecular complexity index is 486. The smallest absolute Gasteiger partial charge is 0.407 e. The van der Waals surface area contributed by atoms with Crippen molar-refractivity contribution in [1.29, 1.82) is 0 Å². The van der Waals surface area contributed by atoms with Gasteiger partial charge in [-0.05, 0) is 51.8 Å². The summed E-state index contributed by atoms with van der Waals surface area (Å²) in [7, 11) is 0. The highest BCUT2D eigenvalue weighted by Gasteiger charge is 2.18. The second-order valence-corrected chi connectivity index (χ2v) is 6.91. The van der Waals surface area contributed by atoms with Crippen LogP contribution in [0.2, 0.25) is 5.02 Å². The SMILES string of the molecule is CCC(NCC(C)NC(=O)OC(C)(C)C)c1cccc(Cl)c1. The largest absolute Gasteiger partial charge is 0.444 e. The molecule has 0 aliphatic heterocycles. The van der Waals surface area contributed by atoms with E-state index in [2.05, 4.69) is 23.6 Å². The zero-order valence-electron chi connectivity index (χ0n) is 14.1. The summed E-state index contributed by atoms with van der Waals surface area (Å²) in [5.74, 6) is 0. The molecule has 1 aromatic rings. The van der Waals surface area contributed by atoms with E-state index in [9.17, 15) is 4.79 Å². The molecule has 22 heavy (non-hydrogen) atoms. The van der Waals surface area contributed by atoms with Gasteiger partial charge in [-0.25, -0.2) is 4.79 Å². The van der Waals surface area contributed by atoms with Crippen LogP contribution in [0.1, 0.15) is 52.6 Å². The van der Waals surface area contributed by atoms with Crippen LogP contribution in [0.15, 0.2) is 24.3 Å². The fourth-order valence-corrected chi connectivity index (χ4v) is 2.30. The average molecular weight is 327 g/mol. The Labute approximate surface area is 138 Å². The minimum Gasteiger partial charge on any atom is -0.444 e. The number of rotatable bonds is 6. The highest BCUT2D eigenvalue weighted by molar-refractivity contribution is 6.30. The lowest BCUT2D eigenvalue weighted by Gasteiger charge is -2.24. The van der Waals surface area contributed by atoms with Crippen LogP contribution in [0, 0.1) is 0 Å². The van der Waals surface area contributed by atoms with Crippen LogP contribution in [-0.4, -0.2) is 24.3 Å². The molecule has 0 fully saturated rings. The molecular weight excluding hydrogens is 300 g/mol. The summed E-state index contributed by atoms with van der Waals surface area (Å²) >= 11 is 6.04. The van der Waals surface area contributed by atoms with Gasteiger partial charge in [0.2, 0.25) is 0 Å². The molecule has 1 amide bonds. The van der Waals surface area contributed by atoms with Crippen LogP contribution in [0.5, 0.6) is 0 Å². The molecule has 2 N–H and O–H groups in total. The number of nitrogens with one attached hydrogen (secondary N) is 2. The number of ether oxygens (including phenoxy) is 1. The third-order valence-corrected chi connectivity index (χ3v) is 3.33. The Morgan fingerprint density at radius 3 is 2.59 bits per heavy atom. The third-order valence-electron chi connectivity index (χ3n) is 3.09. The van der Waals surface area contributed by atoms with Crippen molar-refractivity contribution in [3.63, 3.8) is 0 Å². The van der Waals surface area contributed by atoms with E-state index in [1.165, 1.54) is 0 Å². The molecular formula is C17H27ClN2O2. The van der Waals surface area contributed by atoms with Crippen LogP contribution in [0.3, 0.4) is 0 Å². The van der Waals surface area contributed by atoms with E-state index in [0.717, 1.165) is 17.0 Å². The van der Waals surface area contributed by atoms with Gasteiger partial charge < -0.3 is 15.4 Å². The predicted octanol–water partition coefficient (Wildman–Crippen LogP) is 4.29. The molecule has 4 nitrogen and oxygen atoms in total. The summed E-state index contributed by atoms with van der Waals surface area (Å²) in [5.41, 5.74) is 0.670. The molecule has 0 aliphatic rings. The second kappa shape index (κ2) is 8.39. The van der Waals surface area contributed by atoms with Crippen LogP contribution in [-0.2, 0) is 4.74 Å². The molecule has 0 aliphatic carbocycles.